The van der Waals surface area contributed by atoms with Crippen molar-refractivity contribution >= 4 is 11.9 Å². The van der Waals surface area contributed by atoms with Crippen molar-refractivity contribution in [2.45, 2.75) is 19.9 Å². The highest BCUT2D eigenvalue weighted by molar-refractivity contribution is 5.85. The van der Waals surface area contributed by atoms with E-state index in [1.165, 1.54) is 6.07 Å². The van der Waals surface area contributed by atoms with Crippen LogP contribution in [0.15, 0.2) is 36.4 Å². The number of carbonyl (C=O) groups is 1. The van der Waals surface area contributed by atoms with Crippen LogP contribution in [-0.2, 0) is 0 Å². The molecule has 5 heteroatoms. The van der Waals surface area contributed by atoms with Gasteiger partial charge in [-0.1, -0.05) is 30.3 Å². The number of carboxylic acids is 1. The maximum atomic E-state index is 10.9. The van der Waals surface area contributed by atoms with Gasteiger partial charge in [0, 0.05) is 5.69 Å². The number of carboxylic acid groups (broad SMARTS) is 1. The maximum absolute atomic E-state index is 10.9. The van der Waals surface area contributed by atoms with Gasteiger partial charge in [-0.05, 0) is 25.5 Å². The molecular formula is C14H15N3O2. The summed E-state index contributed by atoms with van der Waals surface area (Å²) in [6, 6.07) is 11.3. The first kappa shape index (κ1) is 13.0. The molecule has 1 unspecified atom stereocenters. The second kappa shape index (κ2) is 5.48. The van der Waals surface area contributed by atoms with Crippen LogP contribution in [0.2, 0.25) is 0 Å². The average Bonchev–Trinajstić information content (AvgIpc) is 2.39. The molecular weight excluding hydrogens is 242 g/mol. The van der Waals surface area contributed by atoms with Crippen molar-refractivity contribution in [1.29, 1.82) is 0 Å². The van der Waals surface area contributed by atoms with Gasteiger partial charge in [-0.2, -0.15) is 0 Å². The van der Waals surface area contributed by atoms with Gasteiger partial charge in [0.15, 0.2) is 5.69 Å². The van der Waals surface area contributed by atoms with Gasteiger partial charge in [0.05, 0.1) is 6.04 Å². The number of hydrogen-bond donors (Lipinski definition) is 2. The molecule has 0 aliphatic heterocycles. The molecule has 0 fully saturated rings. The van der Waals surface area contributed by atoms with Gasteiger partial charge >= 0.3 is 5.97 Å². The molecule has 98 valence electrons. The van der Waals surface area contributed by atoms with Crippen molar-refractivity contribution in [3.63, 3.8) is 0 Å². The molecule has 1 aromatic carbocycles. The summed E-state index contributed by atoms with van der Waals surface area (Å²) in [4.78, 5) is 19.1. The molecule has 1 heterocycles. The summed E-state index contributed by atoms with van der Waals surface area (Å²) in [7, 11) is 0. The van der Waals surface area contributed by atoms with E-state index in [4.69, 9.17) is 5.11 Å². The van der Waals surface area contributed by atoms with Crippen LogP contribution in [0.3, 0.4) is 0 Å². The summed E-state index contributed by atoms with van der Waals surface area (Å²) < 4.78 is 0. The molecule has 1 atom stereocenters. The number of anilines is 1. The smallest absolute Gasteiger partial charge is 0.354 e. The van der Waals surface area contributed by atoms with Crippen molar-refractivity contribution < 1.29 is 9.90 Å². The van der Waals surface area contributed by atoms with E-state index in [1.54, 1.807) is 6.92 Å². The summed E-state index contributed by atoms with van der Waals surface area (Å²) in [5.74, 6) is -0.727. The standard InChI is InChI=1S/C14H15N3O2/c1-9-8-12(13(18)19)17-14(15-9)16-10(2)11-6-4-3-5-7-11/h3-8,10H,1-2H3,(H,18,19)(H,15,16,17). The van der Waals surface area contributed by atoms with E-state index in [2.05, 4.69) is 15.3 Å². The monoisotopic (exact) mass is 257 g/mol. The van der Waals surface area contributed by atoms with E-state index in [0.717, 1.165) is 5.56 Å². The zero-order valence-electron chi connectivity index (χ0n) is 10.8. The second-order valence-electron chi connectivity index (χ2n) is 4.30. The van der Waals surface area contributed by atoms with E-state index < -0.39 is 5.97 Å². The number of aromatic nitrogens is 2. The minimum atomic E-state index is -1.05. The number of benzene rings is 1. The van der Waals surface area contributed by atoms with Crippen molar-refractivity contribution in [2.24, 2.45) is 0 Å². The van der Waals surface area contributed by atoms with Crippen LogP contribution in [0.1, 0.15) is 34.7 Å². The Morgan fingerprint density at radius 2 is 1.95 bits per heavy atom. The molecule has 2 aromatic rings. The fraction of sp³-hybridized carbons (Fsp3) is 0.214. The lowest BCUT2D eigenvalue weighted by Gasteiger charge is -2.14. The molecule has 0 radical (unpaired) electrons. The third-order valence-electron chi connectivity index (χ3n) is 2.72. The highest BCUT2D eigenvalue weighted by Gasteiger charge is 2.11. The van der Waals surface area contributed by atoms with Crippen molar-refractivity contribution in [3.8, 4) is 0 Å². The SMILES string of the molecule is Cc1cc(C(=O)O)nc(NC(C)c2ccccc2)n1. The Bertz CT molecular complexity index is 584. The van der Waals surface area contributed by atoms with E-state index >= 15 is 0 Å². The van der Waals surface area contributed by atoms with Gasteiger partial charge in [0.1, 0.15) is 0 Å². The largest absolute Gasteiger partial charge is 0.477 e. The van der Waals surface area contributed by atoms with Crippen molar-refractivity contribution in [2.75, 3.05) is 5.32 Å². The highest BCUT2D eigenvalue weighted by atomic mass is 16.4. The fourth-order valence-electron chi connectivity index (χ4n) is 1.76. The molecule has 2 N–H and O–H groups in total. The minimum Gasteiger partial charge on any atom is -0.477 e. The van der Waals surface area contributed by atoms with E-state index in [9.17, 15) is 4.79 Å². The summed E-state index contributed by atoms with van der Waals surface area (Å²) in [6.07, 6.45) is 0. The molecule has 5 nitrogen and oxygen atoms in total. The summed E-state index contributed by atoms with van der Waals surface area (Å²) in [5.41, 5.74) is 1.70. The van der Waals surface area contributed by atoms with Gasteiger partial charge in [-0.15, -0.1) is 0 Å². The van der Waals surface area contributed by atoms with Crippen LogP contribution < -0.4 is 5.32 Å². The van der Waals surface area contributed by atoms with E-state index in [1.807, 2.05) is 37.3 Å². The topological polar surface area (TPSA) is 75.1 Å². The van der Waals surface area contributed by atoms with Crippen LogP contribution in [0.5, 0.6) is 0 Å². The van der Waals surface area contributed by atoms with Gasteiger partial charge in [0.25, 0.3) is 0 Å². The van der Waals surface area contributed by atoms with Gasteiger partial charge in [-0.3, -0.25) is 0 Å². The summed E-state index contributed by atoms with van der Waals surface area (Å²) in [5, 5.41) is 12.1. The minimum absolute atomic E-state index is 0.00430. The van der Waals surface area contributed by atoms with Crippen molar-refractivity contribution in [1.82, 2.24) is 9.97 Å². The lowest BCUT2D eigenvalue weighted by atomic mass is 10.1. The molecule has 19 heavy (non-hydrogen) atoms. The van der Waals surface area contributed by atoms with Crippen LogP contribution >= 0.6 is 0 Å². The third-order valence-corrected chi connectivity index (χ3v) is 2.72. The fourth-order valence-corrected chi connectivity index (χ4v) is 1.76. The maximum Gasteiger partial charge on any atom is 0.354 e. The van der Waals surface area contributed by atoms with Crippen LogP contribution in [0.4, 0.5) is 5.95 Å². The Morgan fingerprint density at radius 3 is 2.58 bits per heavy atom. The Kier molecular flexibility index (Phi) is 3.75. The normalized spacial score (nSPS) is 11.9. The molecule has 0 aliphatic rings. The average molecular weight is 257 g/mol. The number of aryl methyl sites for hydroxylation is 1. The van der Waals surface area contributed by atoms with Crippen LogP contribution in [0, 0.1) is 6.92 Å². The quantitative estimate of drug-likeness (QED) is 0.880. The number of nitrogens with zero attached hydrogens (tertiary/aromatic N) is 2. The molecule has 0 aliphatic carbocycles. The zero-order chi connectivity index (χ0) is 13.8. The predicted octanol–water partition coefficient (Wildman–Crippen LogP) is 2.66. The molecule has 0 saturated carbocycles. The number of hydrogen-bond acceptors (Lipinski definition) is 4. The Hall–Kier alpha value is -2.43. The molecule has 0 spiro atoms. The second-order valence-corrected chi connectivity index (χ2v) is 4.30. The first-order valence-electron chi connectivity index (χ1n) is 5.96. The molecule has 0 amide bonds. The highest BCUT2D eigenvalue weighted by Crippen LogP contribution is 2.16. The zero-order valence-corrected chi connectivity index (χ0v) is 10.8. The molecule has 0 bridgehead atoms. The first-order chi connectivity index (χ1) is 9.06. The lowest BCUT2D eigenvalue weighted by molar-refractivity contribution is 0.0690. The third kappa shape index (κ3) is 3.28. The summed E-state index contributed by atoms with van der Waals surface area (Å²) >= 11 is 0. The van der Waals surface area contributed by atoms with Gasteiger partial charge in [0.2, 0.25) is 5.95 Å². The predicted molar refractivity (Wildman–Crippen MR) is 72.2 cm³/mol. The van der Waals surface area contributed by atoms with Crippen LogP contribution in [0.25, 0.3) is 0 Å². The van der Waals surface area contributed by atoms with Crippen LogP contribution in [-0.4, -0.2) is 21.0 Å². The Morgan fingerprint density at radius 1 is 1.26 bits per heavy atom. The number of rotatable bonds is 4. The van der Waals surface area contributed by atoms with E-state index in [0.29, 0.717) is 11.6 Å². The van der Waals surface area contributed by atoms with Gasteiger partial charge < -0.3 is 10.4 Å². The van der Waals surface area contributed by atoms with E-state index in [-0.39, 0.29) is 11.7 Å². The molecule has 0 saturated heterocycles. The van der Waals surface area contributed by atoms with Crippen molar-refractivity contribution in [3.05, 3.63) is 53.3 Å². The molecule has 1 aromatic heterocycles. The number of nitrogens with one attached hydrogen (secondary N) is 1. The summed E-state index contributed by atoms with van der Waals surface area (Å²) in [6.45, 7) is 3.72. The van der Waals surface area contributed by atoms with Gasteiger partial charge in [-0.25, -0.2) is 14.8 Å². The number of aromatic carboxylic acids is 1. The lowest BCUT2D eigenvalue weighted by Crippen LogP contribution is -2.12. The first-order valence-corrected chi connectivity index (χ1v) is 5.96. The Labute approximate surface area is 111 Å². The Balaban J connectivity index is 2.21. The molecule has 2 rings (SSSR count).